The van der Waals surface area contributed by atoms with Gasteiger partial charge in [-0.2, -0.15) is 5.10 Å². The summed E-state index contributed by atoms with van der Waals surface area (Å²) in [5.74, 6) is -0.348. The summed E-state index contributed by atoms with van der Waals surface area (Å²) in [5, 5.41) is 10.1. The van der Waals surface area contributed by atoms with Crippen molar-refractivity contribution in [3.05, 3.63) is 34.1 Å². The van der Waals surface area contributed by atoms with Crippen LogP contribution in [0, 0.1) is 13.8 Å². The quantitative estimate of drug-likeness (QED) is 0.742. The van der Waals surface area contributed by atoms with Gasteiger partial charge in [0, 0.05) is 12.1 Å². The predicted molar refractivity (Wildman–Crippen MR) is 104 cm³/mol. The number of urea groups is 1. The Balaban J connectivity index is 2.25. The number of aryl methyl sites for hydroxylation is 1. The molecule has 0 saturated carbocycles. The number of nitrogens with zero attached hydrogens (tertiary/aromatic N) is 2. The third kappa shape index (κ3) is 4.33. The van der Waals surface area contributed by atoms with E-state index in [0.29, 0.717) is 17.1 Å². The van der Waals surface area contributed by atoms with E-state index in [0.717, 1.165) is 5.69 Å². The fraction of sp³-hybridized carbons (Fsp3) is 0.389. The minimum atomic E-state index is -0.586. The molecule has 146 valence electrons. The molecule has 27 heavy (non-hydrogen) atoms. The highest BCUT2D eigenvalue weighted by Crippen LogP contribution is 2.32. The summed E-state index contributed by atoms with van der Waals surface area (Å²) in [7, 11) is 2.67. The maximum atomic E-state index is 12.4. The lowest BCUT2D eigenvalue weighted by atomic mass is 10.1. The van der Waals surface area contributed by atoms with Crippen molar-refractivity contribution >= 4 is 35.0 Å². The Morgan fingerprint density at radius 1 is 1.19 bits per heavy atom. The summed E-state index contributed by atoms with van der Waals surface area (Å²) in [6, 6.07) is 2.53. The zero-order valence-electron chi connectivity index (χ0n) is 16.1. The molecule has 1 aromatic carbocycles. The largest absolute Gasteiger partial charge is 0.496 e. The highest BCUT2D eigenvalue weighted by Gasteiger charge is 2.19. The topological polar surface area (TPSA) is 94.5 Å². The van der Waals surface area contributed by atoms with E-state index < -0.39 is 12.0 Å². The Bertz CT molecular complexity index is 877. The number of esters is 1. The van der Waals surface area contributed by atoms with Crippen LogP contribution in [0.15, 0.2) is 12.1 Å². The number of ether oxygens (including phenoxy) is 2. The van der Waals surface area contributed by atoms with Crippen LogP contribution in [0.25, 0.3) is 0 Å². The summed E-state index contributed by atoms with van der Waals surface area (Å²) in [5.41, 5.74) is 2.66. The van der Waals surface area contributed by atoms with Crippen molar-refractivity contribution in [3.8, 4) is 5.75 Å². The van der Waals surface area contributed by atoms with E-state index in [2.05, 4.69) is 15.7 Å². The molecule has 8 nitrogen and oxygen atoms in total. The number of halogens is 1. The summed E-state index contributed by atoms with van der Waals surface area (Å²) in [6.45, 7) is 7.73. The van der Waals surface area contributed by atoms with Crippen LogP contribution in [0.4, 0.5) is 16.2 Å². The lowest BCUT2D eigenvalue weighted by Crippen LogP contribution is -2.21. The maximum absolute atomic E-state index is 12.4. The molecular formula is C18H23ClN4O4. The smallest absolute Gasteiger partial charge is 0.341 e. The van der Waals surface area contributed by atoms with Crippen LogP contribution in [-0.4, -0.2) is 36.0 Å². The second-order valence-electron chi connectivity index (χ2n) is 6.19. The molecule has 1 heterocycles. The molecule has 0 spiro atoms. The monoisotopic (exact) mass is 394 g/mol. The van der Waals surface area contributed by atoms with Crippen LogP contribution in [0.3, 0.4) is 0 Å². The van der Waals surface area contributed by atoms with Crippen molar-refractivity contribution in [1.29, 1.82) is 0 Å². The van der Waals surface area contributed by atoms with Crippen LogP contribution in [0.5, 0.6) is 5.75 Å². The van der Waals surface area contributed by atoms with Crippen LogP contribution < -0.4 is 15.4 Å². The lowest BCUT2D eigenvalue weighted by Gasteiger charge is -2.13. The van der Waals surface area contributed by atoms with E-state index in [9.17, 15) is 9.59 Å². The SMILES string of the molecule is COC(=O)c1cc(Cl)c(NC(=O)Nc2c(C)nn(C(C)C)c2C)cc1OC. The van der Waals surface area contributed by atoms with Crippen LogP contribution >= 0.6 is 11.6 Å². The fourth-order valence-electron chi connectivity index (χ4n) is 2.70. The van der Waals surface area contributed by atoms with Crippen molar-refractivity contribution in [2.24, 2.45) is 0 Å². The number of methoxy groups -OCH3 is 2. The third-order valence-electron chi connectivity index (χ3n) is 4.00. The number of carbonyl (C=O) groups excluding carboxylic acids is 2. The normalized spacial score (nSPS) is 10.7. The number of aromatic nitrogens is 2. The van der Waals surface area contributed by atoms with Crippen molar-refractivity contribution in [2.45, 2.75) is 33.7 Å². The molecule has 2 aromatic rings. The summed E-state index contributed by atoms with van der Waals surface area (Å²) < 4.78 is 11.7. The van der Waals surface area contributed by atoms with E-state index in [1.54, 1.807) is 0 Å². The summed E-state index contributed by atoms with van der Waals surface area (Å²) in [6.07, 6.45) is 0. The van der Waals surface area contributed by atoms with Gasteiger partial charge < -0.3 is 20.1 Å². The van der Waals surface area contributed by atoms with Crippen LogP contribution in [-0.2, 0) is 4.74 Å². The number of nitrogens with one attached hydrogen (secondary N) is 2. The second kappa shape index (κ2) is 8.30. The van der Waals surface area contributed by atoms with Crippen LogP contribution in [0.2, 0.25) is 5.02 Å². The molecule has 0 aliphatic heterocycles. The highest BCUT2D eigenvalue weighted by molar-refractivity contribution is 6.34. The molecule has 0 unspecified atom stereocenters. The standard InChI is InChI=1S/C18H23ClN4O4/c1-9(2)23-11(4)16(10(3)22-23)21-18(25)20-14-8-15(26-5)12(7-13(14)19)17(24)27-6/h7-9H,1-6H3,(H2,20,21,25). The first-order valence-corrected chi connectivity index (χ1v) is 8.66. The van der Waals surface area contributed by atoms with Gasteiger partial charge in [-0.3, -0.25) is 4.68 Å². The Morgan fingerprint density at radius 3 is 2.37 bits per heavy atom. The lowest BCUT2D eigenvalue weighted by molar-refractivity contribution is 0.0597. The summed E-state index contributed by atoms with van der Waals surface area (Å²) in [4.78, 5) is 24.2. The maximum Gasteiger partial charge on any atom is 0.341 e. The molecule has 0 aliphatic carbocycles. The van der Waals surface area contributed by atoms with Gasteiger partial charge in [0.15, 0.2) is 0 Å². The minimum Gasteiger partial charge on any atom is -0.496 e. The number of anilines is 2. The fourth-order valence-corrected chi connectivity index (χ4v) is 2.91. The Morgan fingerprint density at radius 2 is 1.85 bits per heavy atom. The molecule has 2 rings (SSSR count). The van der Waals surface area contributed by atoms with Gasteiger partial charge in [0.2, 0.25) is 0 Å². The van der Waals surface area contributed by atoms with E-state index >= 15 is 0 Å². The first kappa shape index (κ1) is 20.6. The van der Waals surface area contributed by atoms with Crippen molar-refractivity contribution in [1.82, 2.24) is 9.78 Å². The van der Waals surface area contributed by atoms with Crippen molar-refractivity contribution in [3.63, 3.8) is 0 Å². The molecule has 0 saturated heterocycles. The predicted octanol–water partition coefficient (Wildman–Crippen LogP) is 4.17. The van der Waals surface area contributed by atoms with Crippen LogP contribution in [0.1, 0.15) is 41.6 Å². The first-order chi connectivity index (χ1) is 12.7. The zero-order valence-corrected chi connectivity index (χ0v) is 16.9. The molecule has 0 atom stereocenters. The van der Waals surface area contributed by atoms with Crippen molar-refractivity contribution in [2.75, 3.05) is 24.9 Å². The Hall–Kier alpha value is -2.74. The van der Waals surface area contributed by atoms with Crippen molar-refractivity contribution < 1.29 is 19.1 Å². The molecule has 2 N–H and O–H groups in total. The van der Waals surface area contributed by atoms with E-state index in [1.807, 2.05) is 32.4 Å². The average Bonchev–Trinajstić information content (AvgIpc) is 2.90. The van der Waals surface area contributed by atoms with E-state index in [1.165, 1.54) is 26.4 Å². The molecule has 0 aliphatic rings. The van der Waals surface area contributed by atoms with Gasteiger partial charge in [0.25, 0.3) is 0 Å². The van der Waals surface area contributed by atoms with Gasteiger partial charge in [0.05, 0.1) is 42.0 Å². The van der Waals surface area contributed by atoms with Gasteiger partial charge in [-0.25, -0.2) is 9.59 Å². The molecule has 0 bridgehead atoms. The zero-order chi connectivity index (χ0) is 20.3. The Labute approximate surface area is 162 Å². The molecule has 9 heteroatoms. The van der Waals surface area contributed by atoms with E-state index in [4.69, 9.17) is 21.1 Å². The molecule has 0 radical (unpaired) electrons. The number of hydrogen-bond acceptors (Lipinski definition) is 5. The number of benzene rings is 1. The van der Waals surface area contributed by atoms with Gasteiger partial charge in [-0.1, -0.05) is 11.6 Å². The average molecular weight is 395 g/mol. The van der Waals surface area contributed by atoms with E-state index in [-0.39, 0.29) is 22.4 Å². The molecule has 2 amide bonds. The third-order valence-corrected chi connectivity index (χ3v) is 4.31. The Kier molecular flexibility index (Phi) is 6.32. The molecule has 0 fully saturated rings. The number of amides is 2. The van der Waals surface area contributed by atoms with Gasteiger partial charge >= 0.3 is 12.0 Å². The first-order valence-electron chi connectivity index (χ1n) is 8.29. The highest BCUT2D eigenvalue weighted by atomic mass is 35.5. The van der Waals surface area contributed by atoms with Gasteiger partial charge in [0.1, 0.15) is 11.3 Å². The van der Waals surface area contributed by atoms with Gasteiger partial charge in [-0.15, -0.1) is 0 Å². The minimum absolute atomic E-state index is 0.167. The molecular weight excluding hydrogens is 372 g/mol. The summed E-state index contributed by atoms with van der Waals surface area (Å²) >= 11 is 6.19. The van der Waals surface area contributed by atoms with Gasteiger partial charge in [-0.05, 0) is 33.8 Å². The molecule has 1 aromatic heterocycles. The number of rotatable bonds is 5. The second-order valence-corrected chi connectivity index (χ2v) is 6.59. The number of carbonyl (C=O) groups is 2. The number of hydrogen-bond donors (Lipinski definition) is 2.